The van der Waals surface area contributed by atoms with Crippen molar-refractivity contribution in [1.82, 2.24) is 0 Å². The van der Waals surface area contributed by atoms with Crippen LogP contribution in [0, 0.1) is 6.92 Å². The molecule has 0 saturated carbocycles. The maximum Gasteiger partial charge on any atom is 0.335 e. The number of benzene rings is 1. The molecule has 1 rings (SSSR count). The summed E-state index contributed by atoms with van der Waals surface area (Å²) in [4.78, 5) is 10.6. The Kier molecular flexibility index (Phi) is 2.79. The molecule has 1 atom stereocenters. The Labute approximate surface area is 77.5 Å². The first-order valence-electron chi connectivity index (χ1n) is 3.47. The largest absolute Gasteiger partial charge is 0.478 e. The summed E-state index contributed by atoms with van der Waals surface area (Å²) in [5.41, 5.74) is 0.619. The summed E-state index contributed by atoms with van der Waals surface area (Å²) < 4.78 is 19.5. The highest BCUT2D eigenvalue weighted by Gasteiger charge is 2.09. The van der Waals surface area contributed by atoms with E-state index in [0.717, 1.165) is 0 Å². The summed E-state index contributed by atoms with van der Waals surface area (Å²) >= 11 is -2.13. The maximum absolute atomic E-state index is 10.7. The van der Waals surface area contributed by atoms with Crippen LogP contribution in [0.3, 0.4) is 0 Å². The highest BCUT2D eigenvalue weighted by molar-refractivity contribution is 7.79. The van der Waals surface area contributed by atoms with Gasteiger partial charge in [0.25, 0.3) is 0 Å². The zero-order chi connectivity index (χ0) is 10.0. The summed E-state index contributed by atoms with van der Waals surface area (Å²) in [5, 5.41) is 8.60. The van der Waals surface area contributed by atoms with E-state index in [-0.39, 0.29) is 10.5 Å². The Morgan fingerprint density at radius 2 is 2.08 bits per heavy atom. The molecular weight excluding hydrogens is 192 g/mol. The summed E-state index contributed by atoms with van der Waals surface area (Å²) in [7, 11) is 0. The van der Waals surface area contributed by atoms with Crippen molar-refractivity contribution in [2.24, 2.45) is 0 Å². The van der Waals surface area contributed by atoms with Gasteiger partial charge in [-0.3, -0.25) is 0 Å². The van der Waals surface area contributed by atoms with Gasteiger partial charge in [-0.25, -0.2) is 9.00 Å². The molecule has 0 bridgehead atoms. The van der Waals surface area contributed by atoms with Gasteiger partial charge in [-0.15, -0.1) is 0 Å². The number of carboxylic acid groups (broad SMARTS) is 1. The average molecular weight is 200 g/mol. The molecule has 0 aliphatic heterocycles. The first-order valence-corrected chi connectivity index (χ1v) is 4.58. The third-order valence-corrected chi connectivity index (χ3v) is 2.44. The monoisotopic (exact) mass is 200 g/mol. The maximum atomic E-state index is 10.7. The van der Waals surface area contributed by atoms with Crippen molar-refractivity contribution < 1.29 is 18.7 Å². The summed E-state index contributed by atoms with van der Waals surface area (Å²) in [6.45, 7) is 1.65. The van der Waals surface area contributed by atoms with E-state index in [1.165, 1.54) is 18.2 Å². The van der Waals surface area contributed by atoms with Crippen molar-refractivity contribution in [1.29, 1.82) is 0 Å². The van der Waals surface area contributed by atoms with Gasteiger partial charge in [-0.05, 0) is 24.6 Å². The standard InChI is InChI=1S/C8H8O4S/c1-5-2-3-6(8(9)10)4-7(5)13(11)12/h2-4H,1H3,(H,9,10)(H,11,12). The molecule has 0 radical (unpaired) electrons. The van der Waals surface area contributed by atoms with Crippen LogP contribution in [0.4, 0.5) is 0 Å². The van der Waals surface area contributed by atoms with Crippen LogP contribution in [0.15, 0.2) is 23.1 Å². The fraction of sp³-hybridized carbons (Fsp3) is 0.125. The van der Waals surface area contributed by atoms with Crippen molar-refractivity contribution in [3.63, 3.8) is 0 Å². The normalized spacial score (nSPS) is 12.5. The van der Waals surface area contributed by atoms with Crippen molar-refractivity contribution in [2.45, 2.75) is 11.8 Å². The molecule has 70 valence electrons. The van der Waals surface area contributed by atoms with Gasteiger partial charge in [0, 0.05) is 0 Å². The second-order valence-corrected chi connectivity index (χ2v) is 3.47. The van der Waals surface area contributed by atoms with Gasteiger partial charge in [0.1, 0.15) is 0 Å². The molecule has 5 heteroatoms. The van der Waals surface area contributed by atoms with Crippen LogP contribution in [0.5, 0.6) is 0 Å². The SMILES string of the molecule is Cc1ccc(C(=O)O)cc1S(=O)O. The molecule has 0 spiro atoms. The van der Waals surface area contributed by atoms with E-state index in [1.807, 2.05) is 0 Å². The highest BCUT2D eigenvalue weighted by atomic mass is 32.2. The quantitative estimate of drug-likeness (QED) is 0.705. The number of hydrogen-bond donors (Lipinski definition) is 2. The zero-order valence-corrected chi connectivity index (χ0v) is 7.67. The number of carboxylic acids is 1. The van der Waals surface area contributed by atoms with Crippen LogP contribution >= 0.6 is 0 Å². The predicted molar refractivity (Wildman–Crippen MR) is 47.2 cm³/mol. The molecule has 0 aromatic heterocycles. The summed E-state index contributed by atoms with van der Waals surface area (Å²) in [6.07, 6.45) is 0. The average Bonchev–Trinajstić information content (AvgIpc) is 2.04. The summed E-state index contributed by atoms with van der Waals surface area (Å²) in [5.74, 6) is -1.10. The molecule has 0 aliphatic carbocycles. The van der Waals surface area contributed by atoms with Crippen molar-refractivity contribution in [3.8, 4) is 0 Å². The van der Waals surface area contributed by atoms with E-state index in [1.54, 1.807) is 6.92 Å². The molecule has 0 heterocycles. The molecule has 1 unspecified atom stereocenters. The second kappa shape index (κ2) is 3.68. The lowest BCUT2D eigenvalue weighted by molar-refractivity contribution is 0.0696. The zero-order valence-electron chi connectivity index (χ0n) is 6.85. The van der Waals surface area contributed by atoms with Gasteiger partial charge in [-0.1, -0.05) is 6.07 Å². The smallest absolute Gasteiger partial charge is 0.335 e. The van der Waals surface area contributed by atoms with E-state index in [9.17, 15) is 9.00 Å². The lowest BCUT2D eigenvalue weighted by Crippen LogP contribution is -2.00. The number of rotatable bonds is 2. The topological polar surface area (TPSA) is 74.6 Å². The van der Waals surface area contributed by atoms with Crippen molar-refractivity contribution >= 4 is 17.0 Å². The second-order valence-electron chi connectivity index (χ2n) is 2.53. The molecule has 1 aromatic rings. The van der Waals surface area contributed by atoms with Gasteiger partial charge in [0.15, 0.2) is 11.1 Å². The Morgan fingerprint density at radius 3 is 2.54 bits per heavy atom. The molecule has 0 amide bonds. The molecule has 2 N–H and O–H groups in total. The lowest BCUT2D eigenvalue weighted by Gasteiger charge is -2.01. The Balaban J connectivity index is 3.27. The highest BCUT2D eigenvalue weighted by Crippen LogP contribution is 2.14. The minimum atomic E-state index is -2.13. The van der Waals surface area contributed by atoms with Gasteiger partial charge in [0.05, 0.1) is 10.5 Å². The van der Waals surface area contributed by atoms with E-state index < -0.39 is 17.0 Å². The van der Waals surface area contributed by atoms with Gasteiger partial charge in [-0.2, -0.15) is 0 Å². The third kappa shape index (κ3) is 2.13. The third-order valence-electron chi connectivity index (χ3n) is 1.62. The summed E-state index contributed by atoms with van der Waals surface area (Å²) in [6, 6.07) is 4.11. The Morgan fingerprint density at radius 1 is 1.46 bits per heavy atom. The first-order chi connectivity index (χ1) is 6.02. The van der Waals surface area contributed by atoms with Crippen LogP contribution in [0.1, 0.15) is 15.9 Å². The van der Waals surface area contributed by atoms with E-state index in [4.69, 9.17) is 9.66 Å². The number of aromatic carboxylic acids is 1. The van der Waals surface area contributed by atoms with Crippen LogP contribution < -0.4 is 0 Å². The van der Waals surface area contributed by atoms with E-state index in [0.29, 0.717) is 5.56 Å². The molecule has 1 aromatic carbocycles. The van der Waals surface area contributed by atoms with E-state index >= 15 is 0 Å². The molecule has 4 nitrogen and oxygen atoms in total. The molecule has 0 fully saturated rings. The van der Waals surface area contributed by atoms with Crippen LogP contribution in [-0.2, 0) is 11.1 Å². The first kappa shape index (κ1) is 9.88. The van der Waals surface area contributed by atoms with Gasteiger partial charge >= 0.3 is 5.97 Å². The van der Waals surface area contributed by atoms with Crippen molar-refractivity contribution in [2.75, 3.05) is 0 Å². The fourth-order valence-corrected chi connectivity index (χ4v) is 1.49. The van der Waals surface area contributed by atoms with Gasteiger partial charge < -0.3 is 9.66 Å². The van der Waals surface area contributed by atoms with Crippen LogP contribution in [-0.4, -0.2) is 19.8 Å². The molecule has 0 aliphatic rings. The number of hydrogen-bond acceptors (Lipinski definition) is 2. The predicted octanol–water partition coefficient (Wildman–Crippen LogP) is 1.27. The van der Waals surface area contributed by atoms with Crippen LogP contribution in [0.25, 0.3) is 0 Å². The fourth-order valence-electron chi connectivity index (χ4n) is 0.921. The lowest BCUT2D eigenvalue weighted by atomic mass is 10.1. The number of aryl methyl sites for hydroxylation is 1. The minimum Gasteiger partial charge on any atom is -0.478 e. The minimum absolute atomic E-state index is 0.0167. The Bertz CT molecular complexity index is 372. The molecular formula is C8H8O4S. The van der Waals surface area contributed by atoms with Crippen LogP contribution in [0.2, 0.25) is 0 Å². The molecule has 13 heavy (non-hydrogen) atoms. The van der Waals surface area contributed by atoms with E-state index in [2.05, 4.69) is 0 Å². The Hall–Kier alpha value is -1.20. The van der Waals surface area contributed by atoms with Crippen molar-refractivity contribution in [3.05, 3.63) is 29.3 Å². The molecule has 0 saturated heterocycles. The van der Waals surface area contributed by atoms with Gasteiger partial charge in [0.2, 0.25) is 0 Å². The number of carbonyl (C=O) groups is 1.